The summed E-state index contributed by atoms with van der Waals surface area (Å²) in [6, 6.07) is 20.7. The second-order valence-electron chi connectivity index (χ2n) is 7.86. The number of methoxy groups -OCH3 is 1. The summed E-state index contributed by atoms with van der Waals surface area (Å²) in [5, 5.41) is 0. The van der Waals surface area contributed by atoms with Crippen molar-refractivity contribution in [2.24, 2.45) is 0 Å². The van der Waals surface area contributed by atoms with Gasteiger partial charge in [0.05, 0.1) is 23.4 Å². The fraction of sp³-hybridized carbons (Fsp3) is 0.250. The molecule has 0 fully saturated rings. The third-order valence-corrected chi connectivity index (χ3v) is 8.69. The predicted molar refractivity (Wildman–Crippen MR) is 130 cm³/mol. The normalized spacial score (nSPS) is 13.9. The van der Waals surface area contributed by atoms with Crippen LogP contribution in [-0.4, -0.2) is 36.2 Å². The van der Waals surface area contributed by atoms with Crippen LogP contribution in [0.15, 0.2) is 77.7 Å². The number of aryl methyl sites for hydroxylation is 2. The quantitative estimate of drug-likeness (QED) is 0.523. The molecule has 1 heterocycles. The number of sulfonamides is 2. The Morgan fingerprint density at radius 3 is 2.36 bits per heavy atom. The molecule has 0 amide bonds. The van der Waals surface area contributed by atoms with E-state index in [-0.39, 0.29) is 10.6 Å². The molecule has 9 heteroatoms. The molecule has 0 saturated carbocycles. The molecule has 1 aliphatic heterocycles. The SMILES string of the molecule is COc1ccc(S(=O)(=O)N2CCCc3cc(NS(=O)(=O)CCc4ccccc4)ccc32)cc1. The molecular formula is C24H26N2O5S2. The minimum Gasteiger partial charge on any atom is -0.497 e. The van der Waals surface area contributed by atoms with Crippen molar-refractivity contribution in [3.05, 3.63) is 83.9 Å². The average Bonchev–Trinajstić information content (AvgIpc) is 2.82. The van der Waals surface area contributed by atoms with Crippen molar-refractivity contribution in [2.45, 2.75) is 24.2 Å². The lowest BCUT2D eigenvalue weighted by molar-refractivity contribution is 0.414. The van der Waals surface area contributed by atoms with Crippen LogP contribution >= 0.6 is 0 Å². The summed E-state index contributed by atoms with van der Waals surface area (Å²) in [5.41, 5.74) is 2.75. The maximum absolute atomic E-state index is 13.3. The molecule has 0 unspecified atom stereocenters. The Labute approximate surface area is 195 Å². The molecule has 7 nitrogen and oxygen atoms in total. The second kappa shape index (κ2) is 9.44. The molecule has 0 saturated heterocycles. The Morgan fingerprint density at radius 1 is 0.939 bits per heavy atom. The molecule has 174 valence electrons. The van der Waals surface area contributed by atoms with E-state index in [1.807, 2.05) is 30.3 Å². The van der Waals surface area contributed by atoms with Crippen molar-refractivity contribution in [1.29, 1.82) is 0 Å². The number of rotatable bonds is 8. The fourth-order valence-electron chi connectivity index (χ4n) is 3.88. The van der Waals surface area contributed by atoms with E-state index in [4.69, 9.17) is 4.74 Å². The molecule has 0 bridgehead atoms. The summed E-state index contributed by atoms with van der Waals surface area (Å²) in [6.07, 6.45) is 1.73. The molecule has 33 heavy (non-hydrogen) atoms. The summed E-state index contributed by atoms with van der Waals surface area (Å²) in [6.45, 7) is 0.365. The van der Waals surface area contributed by atoms with E-state index in [9.17, 15) is 16.8 Å². The maximum atomic E-state index is 13.3. The van der Waals surface area contributed by atoms with Crippen LogP contribution in [0, 0.1) is 0 Å². The van der Waals surface area contributed by atoms with Gasteiger partial charge in [-0.15, -0.1) is 0 Å². The van der Waals surface area contributed by atoms with Gasteiger partial charge in [-0.1, -0.05) is 30.3 Å². The summed E-state index contributed by atoms with van der Waals surface area (Å²) < 4.78 is 60.8. The Kier molecular flexibility index (Phi) is 6.62. The molecule has 0 aliphatic carbocycles. The molecule has 0 radical (unpaired) electrons. The van der Waals surface area contributed by atoms with Gasteiger partial charge < -0.3 is 4.74 Å². The molecule has 0 spiro atoms. The highest BCUT2D eigenvalue weighted by molar-refractivity contribution is 7.93. The molecule has 1 aliphatic rings. The lowest BCUT2D eigenvalue weighted by atomic mass is 10.0. The molecule has 0 aromatic heterocycles. The highest BCUT2D eigenvalue weighted by atomic mass is 32.2. The Morgan fingerprint density at radius 2 is 1.67 bits per heavy atom. The maximum Gasteiger partial charge on any atom is 0.264 e. The van der Waals surface area contributed by atoms with Crippen LogP contribution in [0.2, 0.25) is 0 Å². The molecular weight excluding hydrogens is 460 g/mol. The van der Waals surface area contributed by atoms with E-state index in [1.165, 1.54) is 23.5 Å². The van der Waals surface area contributed by atoms with Gasteiger partial charge in [-0.3, -0.25) is 9.03 Å². The Bertz CT molecular complexity index is 1320. The monoisotopic (exact) mass is 486 g/mol. The van der Waals surface area contributed by atoms with Crippen LogP contribution in [0.4, 0.5) is 11.4 Å². The minimum absolute atomic E-state index is 0.0356. The zero-order valence-electron chi connectivity index (χ0n) is 18.3. The topological polar surface area (TPSA) is 92.8 Å². The first-order chi connectivity index (χ1) is 15.8. The smallest absolute Gasteiger partial charge is 0.264 e. The van der Waals surface area contributed by atoms with E-state index >= 15 is 0 Å². The summed E-state index contributed by atoms with van der Waals surface area (Å²) >= 11 is 0. The highest BCUT2D eigenvalue weighted by Crippen LogP contribution is 2.34. The van der Waals surface area contributed by atoms with Gasteiger partial charge in [-0.25, -0.2) is 16.8 Å². The number of nitrogens with zero attached hydrogens (tertiary/aromatic N) is 1. The van der Waals surface area contributed by atoms with E-state index in [0.717, 1.165) is 11.1 Å². The van der Waals surface area contributed by atoms with E-state index in [1.54, 1.807) is 30.3 Å². The van der Waals surface area contributed by atoms with E-state index < -0.39 is 20.0 Å². The number of anilines is 2. The molecule has 0 atom stereocenters. The van der Waals surface area contributed by atoms with Crippen molar-refractivity contribution in [2.75, 3.05) is 28.4 Å². The first kappa shape index (κ1) is 23.1. The van der Waals surface area contributed by atoms with E-state index in [2.05, 4.69) is 4.72 Å². The highest BCUT2D eigenvalue weighted by Gasteiger charge is 2.29. The summed E-state index contributed by atoms with van der Waals surface area (Å²) in [7, 11) is -5.77. The Hall–Kier alpha value is -3.04. The zero-order chi connectivity index (χ0) is 23.5. The lowest BCUT2D eigenvalue weighted by Crippen LogP contribution is -2.35. The van der Waals surface area contributed by atoms with Crippen LogP contribution < -0.4 is 13.8 Å². The van der Waals surface area contributed by atoms with Crippen LogP contribution in [0.3, 0.4) is 0 Å². The fourth-order valence-corrected chi connectivity index (χ4v) is 6.51. The van der Waals surface area contributed by atoms with Gasteiger partial charge in [-0.05, 0) is 72.9 Å². The average molecular weight is 487 g/mol. The lowest BCUT2D eigenvalue weighted by Gasteiger charge is -2.31. The number of benzene rings is 3. The number of nitrogens with one attached hydrogen (secondary N) is 1. The van der Waals surface area contributed by atoms with Crippen molar-refractivity contribution < 1.29 is 21.6 Å². The largest absolute Gasteiger partial charge is 0.497 e. The van der Waals surface area contributed by atoms with Gasteiger partial charge in [0.25, 0.3) is 10.0 Å². The minimum atomic E-state index is -3.75. The second-order valence-corrected chi connectivity index (χ2v) is 11.6. The third-order valence-electron chi connectivity index (χ3n) is 5.58. The zero-order valence-corrected chi connectivity index (χ0v) is 19.9. The molecule has 1 N–H and O–H groups in total. The van der Waals surface area contributed by atoms with Crippen LogP contribution in [0.1, 0.15) is 17.5 Å². The predicted octanol–water partition coefficient (Wildman–Crippen LogP) is 3.82. The van der Waals surface area contributed by atoms with Crippen LogP contribution in [0.5, 0.6) is 5.75 Å². The van der Waals surface area contributed by atoms with Crippen molar-refractivity contribution in [1.82, 2.24) is 0 Å². The first-order valence-electron chi connectivity index (χ1n) is 10.6. The first-order valence-corrected chi connectivity index (χ1v) is 13.7. The molecule has 3 aromatic carbocycles. The van der Waals surface area contributed by atoms with Crippen molar-refractivity contribution >= 4 is 31.4 Å². The van der Waals surface area contributed by atoms with Gasteiger partial charge in [0.2, 0.25) is 10.0 Å². The van der Waals surface area contributed by atoms with Gasteiger partial charge in [0.15, 0.2) is 0 Å². The van der Waals surface area contributed by atoms with Crippen molar-refractivity contribution in [3.63, 3.8) is 0 Å². The van der Waals surface area contributed by atoms with Gasteiger partial charge in [0, 0.05) is 12.2 Å². The van der Waals surface area contributed by atoms with Gasteiger partial charge in [0.1, 0.15) is 5.75 Å². The van der Waals surface area contributed by atoms with Crippen LogP contribution in [0.25, 0.3) is 0 Å². The van der Waals surface area contributed by atoms with Gasteiger partial charge in [-0.2, -0.15) is 0 Å². The van der Waals surface area contributed by atoms with Crippen LogP contribution in [-0.2, 0) is 32.9 Å². The number of hydrogen-bond acceptors (Lipinski definition) is 5. The number of fused-ring (bicyclic) bond motifs is 1. The molecule has 3 aromatic rings. The third kappa shape index (κ3) is 5.31. The Balaban J connectivity index is 1.53. The van der Waals surface area contributed by atoms with E-state index in [0.29, 0.717) is 42.9 Å². The van der Waals surface area contributed by atoms with Gasteiger partial charge >= 0.3 is 0 Å². The summed E-state index contributed by atoms with van der Waals surface area (Å²) in [4.78, 5) is 0.182. The summed E-state index contributed by atoms with van der Waals surface area (Å²) in [5.74, 6) is 0.545. The van der Waals surface area contributed by atoms with Crippen molar-refractivity contribution in [3.8, 4) is 5.75 Å². The molecule has 4 rings (SSSR count). The standard InChI is InChI=1S/C24H26N2O5S2/c1-31-22-10-12-23(13-11-22)33(29,30)26-16-5-8-20-18-21(9-14-24(20)26)25-32(27,28)17-15-19-6-3-2-4-7-19/h2-4,6-7,9-14,18,25H,5,8,15-17H2,1H3. The number of ether oxygens (including phenoxy) is 1. The number of hydrogen-bond donors (Lipinski definition) is 1.